The van der Waals surface area contributed by atoms with Crippen molar-refractivity contribution in [2.24, 2.45) is 5.92 Å². The molecule has 0 bridgehead atoms. The molecule has 1 N–H and O–H groups in total. The van der Waals surface area contributed by atoms with E-state index in [9.17, 15) is 0 Å². The van der Waals surface area contributed by atoms with Crippen LogP contribution in [0.5, 0.6) is 0 Å². The summed E-state index contributed by atoms with van der Waals surface area (Å²) >= 11 is 0. The maximum Gasteiger partial charge on any atom is 0.0611 e. The molecule has 0 spiro atoms. The molecule has 0 aliphatic carbocycles. The number of nitrogens with zero attached hydrogens (tertiary/aromatic N) is 1. The molecule has 88 valence electrons. The molecule has 2 nitrogen and oxygen atoms in total. The summed E-state index contributed by atoms with van der Waals surface area (Å²) in [6, 6.07) is 7.20. The highest BCUT2D eigenvalue weighted by molar-refractivity contribution is 5.76. The summed E-state index contributed by atoms with van der Waals surface area (Å²) in [5, 5.41) is 3.60. The van der Waals surface area contributed by atoms with Gasteiger partial charge in [0.25, 0.3) is 0 Å². The van der Waals surface area contributed by atoms with Gasteiger partial charge in [0.1, 0.15) is 0 Å². The highest BCUT2D eigenvalue weighted by Crippen LogP contribution is 2.35. The van der Waals surface area contributed by atoms with Crippen molar-refractivity contribution >= 4 is 11.4 Å². The van der Waals surface area contributed by atoms with Gasteiger partial charge in [0, 0.05) is 19.6 Å². The topological polar surface area (TPSA) is 15.3 Å². The second-order valence-electron chi connectivity index (χ2n) is 4.97. The molecule has 0 saturated heterocycles. The molecular formula is C14H22N2. The molecule has 1 atom stereocenters. The van der Waals surface area contributed by atoms with E-state index in [4.69, 9.17) is 0 Å². The minimum Gasteiger partial charge on any atom is -0.381 e. The van der Waals surface area contributed by atoms with Crippen LogP contribution in [-0.2, 0) is 6.42 Å². The average Bonchev–Trinajstić information content (AvgIpc) is 2.28. The normalized spacial score (nSPS) is 19.6. The van der Waals surface area contributed by atoms with E-state index in [1.165, 1.54) is 16.9 Å². The standard InChI is InChI=1S/C14H22N2/c1-5-11-7-6-8-12-14(11)15-9-13(10(2)3)16(12)4/h6-8,10,13,15H,5,9H2,1-4H3. The third-order valence-corrected chi connectivity index (χ3v) is 3.64. The molecule has 1 aromatic carbocycles. The lowest BCUT2D eigenvalue weighted by molar-refractivity contribution is 0.482. The summed E-state index contributed by atoms with van der Waals surface area (Å²) in [6.45, 7) is 7.85. The number of hydrogen-bond acceptors (Lipinski definition) is 2. The number of fused-ring (bicyclic) bond motifs is 1. The van der Waals surface area contributed by atoms with E-state index >= 15 is 0 Å². The Morgan fingerprint density at radius 1 is 1.44 bits per heavy atom. The molecule has 2 rings (SSSR count). The van der Waals surface area contributed by atoms with Crippen molar-refractivity contribution in [1.29, 1.82) is 0 Å². The maximum atomic E-state index is 3.60. The van der Waals surface area contributed by atoms with Crippen LogP contribution >= 0.6 is 0 Å². The first kappa shape index (κ1) is 11.3. The van der Waals surface area contributed by atoms with Gasteiger partial charge in [-0.15, -0.1) is 0 Å². The minimum atomic E-state index is 0.597. The summed E-state index contributed by atoms with van der Waals surface area (Å²) in [4.78, 5) is 2.43. The van der Waals surface area contributed by atoms with Crippen molar-refractivity contribution in [3.63, 3.8) is 0 Å². The van der Waals surface area contributed by atoms with Gasteiger partial charge in [-0.05, 0) is 24.0 Å². The van der Waals surface area contributed by atoms with Crippen LogP contribution in [0.1, 0.15) is 26.3 Å². The first-order valence-corrected chi connectivity index (χ1v) is 6.23. The van der Waals surface area contributed by atoms with Crippen LogP contribution in [0, 0.1) is 5.92 Å². The SMILES string of the molecule is CCc1cccc2c1NCC(C(C)C)N2C. The van der Waals surface area contributed by atoms with Crippen LogP contribution in [0.15, 0.2) is 18.2 Å². The molecule has 0 fully saturated rings. The van der Waals surface area contributed by atoms with E-state index < -0.39 is 0 Å². The number of para-hydroxylation sites is 1. The van der Waals surface area contributed by atoms with E-state index in [0.29, 0.717) is 12.0 Å². The predicted octanol–water partition coefficient (Wildman–Crippen LogP) is 3.14. The molecule has 0 saturated carbocycles. The van der Waals surface area contributed by atoms with Gasteiger partial charge in [-0.2, -0.15) is 0 Å². The number of rotatable bonds is 2. The Morgan fingerprint density at radius 2 is 2.19 bits per heavy atom. The second kappa shape index (κ2) is 4.36. The van der Waals surface area contributed by atoms with Gasteiger partial charge in [-0.3, -0.25) is 0 Å². The number of hydrogen-bond donors (Lipinski definition) is 1. The molecule has 0 amide bonds. The first-order chi connectivity index (χ1) is 7.65. The lowest BCUT2D eigenvalue weighted by atomic mass is 9.97. The van der Waals surface area contributed by atoms with Gasteiger partial charge in [0.2, 0.25) is 0 Å². The van der Waals surface area contributed by atoms with Gasteiger partial charge in [-0.1, -0.05) is 32.9 Å². The summed E-state index contributed by atoms with van der Waals surface area (Å²) in [6.07, 6.45) is 1.09. The summed E-state index contributed by atoms with van der Waals surface area (Å²) in [5.74, 6) is 0.677. The number of likely N-dealkylation sites (N-methyl/N-ethyl adjacent to an activating group) is 1. The molecule has 1 unspecified atom stereocenters. The Morgan fingerprint density at radius 3 is 2.81 bits per heavy atom. The Kier molecular flexibility index (Phi) is 3.08. The Bertz CT molecular complexity index is 371. The highest BCUT2D eigenvalue weighted by atomic mass is 15.2. The van der Waals surface area contributed by atoms with Crippen LogP contribution in [0.4, 0.5) is 11.4 Å². The highest BCUT2D eigenvalue weighted by Gasteiger charge is 2.26. The smallest absolute Gasteiger partial charge is 0.0611 e. The minimum absolute atomic E-state index is 0.597. The molecule has 1 aliphatic heterocycles. The van der Waals surface area contributed by atoms with Crippen molar-refractivity contribution in [2.75, 3.05) is 23.8 Å². The summed E-state index contributed by atoms with van der Waals surface area (Å²) in [7, 11) is 2.21. The van der Waals surface area contributed by atoms with E-state index in [0.717, 1.165) is 13.0 Å². The van der Waals surface area contributed by atoms with Gasteiger partial charge in [0.15, 0.2) is 0 Å². The zero-order valence-electron chi connectivity index (χ0n) is 10.7. The van der Waals surface area contributed by atoms with Crippen molar-refractivity contribution < 1.29 is 0 Å². The fourth-order valence-corrected chi connectivity index (χ4v) is 2.58. The zero-order valence-corrected chi connectivity index (χ0v) is 10.7. The van der Waals surface area contributed by atoms with Gasteiger partial charge >= 0.3 is 0 Å². The number of nitrogens with one attached hydrogen (secondary N) is 1. The number of anilines is 2. The van der Waals surface area contributed by atoms with Crippen LogP contribution in [0.25, 0.3) is 0 Å². The van der Waals surface area contributed by atoms with Crippen molar-refractivity contribution in [3.8, 4) is 0 Å². The fourth-order valence-electron chi connectivity index (χ4n) is 2.58. The molecular weight excluding hydrogens is 196 g/mol. The predicted molar refractivity (Wildman–Crippen MR) is 71.3 cm³/mol. The lowest BCUT2D eigenvalue weighted by Crippen LogP contribution is -2.45. The van der Waals surface area contributed by atoms with Gasteiger partial charge in [0.05, 0.1) is 11.4 Å². The van der Waals surface area contributed by atoms with Crippen molar-refractivity contribution in [3.05, 3.63) is 23.8 Å². The van der Waals surface area contributed by atoms with Crippen LogP contribution in [-0.4, -0.2) is 19.6 Å². The van der Waals surface area contributed by atoms with Gasteiger partial charge in [-0.25, -0.2) is 0 Å². The van der Waals surface area contributed by atoms with Crippen LogP contribution in [0.2, 0.25) is 0 Å². The Balaban J connectivity index is 2.38. The summed E-state index contributed by atoms with van der Waals surface area (Å²) in [5.41, 5.74) is 4.11. The molecule has 0 aromatic heterocycles. The molecule has 0 radical (unpaired) electrons. The monoisotopic (exact) mass is 218 g/mol. The van der Waals surface area contributed by atoms with E-state index in [1.807, 2.05) is 0 Å². The first-order valence-electron chi connectivity index (χ1n) is 6.23. The maximum absolute atomic E-state index is 3.60. The second-order valence-corrected chi connectivity index (χ2v) is 4.97. The zero-order chi connectivity index (χ0) is 11.7. The van der Waals surface area contributed by atoms with E-state index in [1.54, 1.807) is 0 Å². The Hall–Kier alpha value is -1.18. The largest absolute Gasteiger partial charge is 0.381 e. The average molecular weight is 218 g/mol. The van der Waals surface area contributed by atoms with E-state index in [-0.39, 0.29) is 0 Å². The van der Waals surface area contributed by atoms with E-state index in [2.05, 4.69) is 56.2 Å². The molecule has 1 heterocycles. The van der Waals surface area contributed by atoms with Crippen LogP contribution in [0.3, 0.4) is 0 Å². The van der Waals surface area contributed by atoms with Crippen LogP contribution < -0.4 is 10.2 Å². The molecule has 1 aromatic rings. The van der Waals surface area contributed by atoms with Crippen molar-refractivity contribution in [2.45, 2.75) is 33.2 Å². The molecule has 1 aliphatic rings. The molecule has 2 heteroatoms. The Labute approximate surface area is 98.7 Å². The number of benzene rings is 1. The molecule has 16 heavy (non-hydrogen) atoms. The van der Waals surface area contributed by atoms with Gasteiger partial charge < -0.3 is 10.2 Å². The third-order valence-electron chi connectivity index (χ3n) is 3.64. The third kappa shape index (κ3) is 1.77. The summed E-state index contributed by atoms with van der Waals surface area (Å²) < 4.78 is 0. The lowest BCUT2D eigenvalue weighted by Gasteiger charge is -2.39. The number of aryl methyl sites for hydroxylation is 1. The quantitative estimate of drug-likeness (QED) is 0.820. The van der Waals surface area contributed by atoms with Crippen molar-refractivity contribution in [1.82, 2.24) is 0 Å². The fraction of sp³-hybridized carbons (Fsp3) is 0.571.